The lowest BCUT2D eigenvalue weighted by atomic mass is 10.1. The monoisotopic (exact) mass is 306 g/mol. The molecule has 0 radical (unpaired) electrons. The van der Waals surface area contributed by atoms with Crippen molar-refractivity contribution in [2.75, 3.05) is 0 Å². The van der Waals surface area contributed by atoms with Crippen LogP contribution in [0, 0.1) is 0 Å². The Kier molecular flexibility index (Phi) is 4.25. The van der Waals surface area contributed by atoms with Crippen LogP contribution in [-0.4, -0.2) is 18.0 Å². The van der Waals surface area contributed by atoms with Crippen LogP contribution in [0.4, 0.5) is 13.2 Å². The van der Waals surface area contributed by atoms with Crippen molar-refractivity contribution < 1.29 is 18.0 Å². The average Bonchev–Trinajstić information content (AvgIpc) is 2.73. The van der Waals surface area contributed by atoms with Gasteiger partial charge >= 0.3 is 6.18 Å². The van der Waals surface area contributed by atoms with Crippen molar-refractivity contribution in [3.63, 3.8) is 0 Å². The number of hydrogen-bond acceptors (Lipinski definition) is 2. The fraction of sp³-hybridized carbons (Fsp3) is 0.462. The number of alkyl halides is 3. The Labute approximate surface area is 119 Å². The zero-order valence-corrected chi connectivity index (χ0v) is 11.3. The molecule has 1 aromatic rings. The maximum absolute atomic E-state index is 12.6. The van der Waals surface area contributed by atoms with E-state index < -0.39 is 17.6 Å². The maximum atomic E-state index is 12.6. The third kappa shape index (κ3) is 3.43. The van der Waals surface area contributed by atoms with Crippen LogP contribution in [0.25, 0.3) is 0 Å². The molecule has 0 spiro atoms. The van der Waals surface area contributed by atoms with Crippen LogP contribution in [0.3, 0.4) is 0 Å². The molecule has 1 amide bonds. The van der Waals surface area contributed by atoms with E-state index >= 15 is 0 Å². The van der Waals surface area contributed by atoms with Crippen molar-refractivity contribution in [2.45, 2.75) is 37.5 Å². The molecule has 0 bridgehead atoms. The minimum absolute atomic E-state index is 0.00204. The lowest BCUT2D eigenvalue weighted by Crippen LogP contribution is -2.34. The first-order chi connectivity index (χ1) is 9.27. The van der Waals surface area contributed by atoms with Crippen LogP contribution in [0.2, 0.25) is 5.02 Å². The Hall–Kier alpha value is -1.27. The molecule has 0 heterocycles. The van der Waals surface area contributed by atoms with Crippen molar-refractivity contribution >= 4 is 17.5 Å². The van der Waals surface area contributed by atoms with Gasteiger partial charge in [-0.2, -0.15) is 13.2 Å². The van der Waals surface area contributed by atoms with Crippen LogP contribution in [0.1, 0.15) is 35.2 Å². The van der Waals surface area contributed by atoms with E-state index in [1.807, 2.05) is 0 Å². The highest BCUT2D eigenvalue weighted by molar-refractivity contribution is 6.33. The minimum atomic E-state index is -4.50. The molecule has 0 aliphatic heterocycles. The Morgan fingerprint density at radius 3 is 2.60 bits per heavy atom. The van der Waals surface area contributed by atoms with Gasteiger partial charge in [0.1, 0.15) is 0 Å². The van der Waals surface area contributed by atoms with Gasteiger partial charge < -0.3 is 11.1 Å². The zero-order chi connectivity index (χ0) is 14.9. The fourth-order valence-corrected chi connectivity index (χ4v) is 2.49. The molecular formula is C13H14ClF3N2O. The maximum Gasteiger partial charge on any atom is 0.416 e. The predicted octanol–water partition coefficient (Wildman–Crippen LogP) is 2.97. The number of benzene rings is 1. The summed E-state index contributed by atoms with van der Waals surface area (Å²) in [4.78, 5) is 12.0. The molecule has 1 aliphatic rings. The summed E-state index contributed by atoms with van der Waals surface area (Å²) in [7, 11) is 0. The summed E-state index contributed by atoms with van der Waals surface area (Å²) in [6.45, 7) is 0. The van der Waals surface area contributed by atoms with Crippen molar-refractivity contribution in [3.05, 3.63) is 34.3 Å². The van der Waals surface area contributed by atoms with Gasteiger partial charge in [0.25, 0.3) is 5.91 Å². The predicted molar refractivity (Wildman–Crippen MR) is 69.5 cm³/mol. The lowest BCUT2D eigenvalue weighted by molar-refractivity contribution is -0.137. The molecular weight excluding hydrogens is 293 g/mol. The molecule has 110 valence electrons. The first kappa shape index (κ1) is 15.1. The first-order valence-corrected chi connectivity index (χ1v) is 6.58. The van der Waals surface area contributed by atoms with Gasteiger partial charge in [-0.3, -0.25) is 4.79 Å². The van der Waals surface area contributed by atoms with Gasteiger partial charge in [-0.1, -0.05) is 11.6 Å². The third-order valence-electron chi connectivity index (χ3n) is 3.35. The van der Waals surface area contributed by atoms with E-state index in [0.29, 0.717) is 6.42 Å². The summed E-state index contributed by atoms with van der Waals surface area (Å²) >= 11 is 5.80. The third-order valence-corrected chi connectivity index (χ3v) is 3.68. The summed E-state index contributed by atoms with van der Waals surface area (Å²) in [6.07, 6.45) is -2.36. The van der Waals surface area contributed by atoms with Crippen molar-refractivity contribution in [1.82, 2.24) is 5.32 Å². The molecule has 0 saturated heterocycles. The summed E-state index contributed by atoms with van der Waals surface area (Å²) < 4.78 is 37.9. The quantitative estimate of drug-likeness (QED) is 0.882. The van der Waals surface area contributed by atoms with E-state index in [4.69, 9.17) is 17.3 Å². The largest absolute Gasteiger partial charge is 0.416 e. The number of nitrogens with two attached hydrogens (primary N) is 1. The Bertz CT molecular complexity index is 519. The van der Waals surface area contributed by atoms with Crippen LogP contribution in [-0.2, 0) is 6.18 Å². The highest BCUT2D eigenvalue weighted by Gasteiger charge is 2.32. The van der Waals surface area contributed by atoms with E-state index in [9.17, 15) is 18.0 Å². The van der Waals surface area contributed by atoms with Gasteiger partial charge in [0.2, 0.25) is 0 Å². The topological polar surface area (TPSA) is 55.1 Å². The summed E-state index contributed by atoms with van der Waals surface area (Å²) in [5, 5.41) is 2.67. The van der Waals surface area contributed by atoms with Crippen LogP contribution >= 0.6 is 11.6 Å². The van der Waals surface area contributed by atoms with Crippen LogP contribution in [0.15, 0.2) is 18.2 Å². The minimum Gasteiger partial charge on any atom is -0.349 e. The number of amides is 1. The van der Waals surface area contributed by atoms with Gasteiger partial charge in [-0.15, -0.1) is 0 Å². The van der Waals surface area contributed by atoms with Crippen LogP contribution in [0.5, 0.6) is 0 Å². The smallest absolute Gasteiger partial charge is 0.349 e. The summed E-state index contributed by atoms with van der Waals surface area (Å²) in [5.41, 5.74) is 4.67. The lowest BCUT2D eigenvalue weighted by Gasteiger charge is -2.14. The molecule has 2 atom stereocenters. The Morgan fingerprint density at radius 2 is 2.05 bits per heavy atom. The average molecular weight is 307 g/mol. The SMILES string of the molecule is N[C@@H]1CC[C@@H](NC(=O)c2cc(C(F)(F)F)ccc2Cl)C1. The van der Waals surface area contributed by atoms with Crippen molar-refractivity contribution in [3.8, 4) is 0 Å². The van der Waals surface area contributed by atoms with Gasteiger partial charge in [0.15, 0.2) is 0 Å². The second-order valence-corrected chi connectivity index (χ2v) is 5.34. The van der Waals surface area contributed by atoms with E-state index in [1.165, 1.54) is 0 Å². The molecule has 3 N–H and O–H groups in total. The van der Waals surface area contributed by atoms with Gasteiger partial charge in [-0.25, -0.2) is 0 Å². The number of halogens is 4. The number of hydrogen-bond donors (Lipinski definition) is 2. The summed E-state index contributed by atoms with van der Waals surface area (Å²) in [6, 6.07) is 2.62. The molecule has 20 heavy (non-hydrogen) atoms. The molecule has 0 aromatic heterocycles. The molecule has 1 fully saturated rings. The number of nitrogens with one attached hydrogen (secondary N) is 1. The van der Waals surface area contributed by atoms with Gasteiger partial charge in [0.05, 0.1) is 16.1 Å². The molecule has 3 nitrogen and oxygen atoms in total. The van der Waals surface area contributed by atoms with Gasteiger partial charge in [-0.05, 0) is 37.5 Å². The molecule has 7 heteroatoms. The van der Waals surface area contributed by atoms with Gasteiger partial charge in [0, 0.05) is 12.1 Å². The van der Waals surface area contributed by atoms with E-state index in [0.717, 1.165) is 31.0 Å². The van der Waals surface area contributed by atoms with E-state index in [1.54, 1.807) is 0 Å². The zero-order valence-electron chi connectivity index (χ0n) is 10.5. The summed E-state index contributed by atoms with van der Waals surface area (Å²) in [5.74, 6) is -0.597. The highest BCUT2D eigenvalue weighted by atomic mass is 35.5. The molecule has 2 rings (SSSR count). The number of rotatable bonds is 2. The van der Waals surface area contributed by atoms with Crippen LogP contribution < -0.4 is 11.1 Å². The molecule has 1 aromatic carbocycles. The Balaban J connectivity index is 2.17. The molecule has 1 saturated carbocycles. The second-order valence-electron chi connectivity index (χ2n) is 4.94. The van der Waals surface area contributed by atoms with Crippen molar-refractivity contribution in [2.24, 2.45) is 5.73 Å². The van der Waals surface area contributed by atoms with Crippen molar-refractivity contribution in [1.29, 1.82) is 0 Å². The highest BCUT2D eigenvalue weighted by Crippen LogP contribution is 2.32. The Morgan fingerprint density at radius 1 is 1.35 bits per heavy atom. The fourth-order valence-electron chi connectivity index (χ4n) is 2.29. The normalized spacial score (nSPS) is 22.9. The second kappa shape index (κ2) is 5.61. The van der Waals surface area contributed by atoms with E-state index in [2.05, 4.69) is 5.32 Å². The standard InChI is InChI=1S/C13H14ClF3N2O/c14-11-4-1-7(13(15,16)17)5-10(11)12(20)19-9-3-2-8(18)6-9/h1,4-5,8-9H,2-3,6,18H2,(H,19,20)/t8-,9-/m1/s1. The number of carbonyl (C=O) groups is 1. The van der Waals surface area contributed by atoms with E-state index in [-0.39, 0.29) is 22.7 Å². The molecule has 1 aliphatic carbocycles. The first-order valence-electron chi connectivity index (χ1n) is 6.20. The molecule has 0 unspecified atom stereocenters. The number of carbonyl (C=O) groups excluding carboxylic acids is 1.